The van der Waals surface area contributed by atoms with Gasteiger partial charge in [-0.1, -0.05) is 0 Å². The fourth-order valence-corrected chi connectivity index (χ4v) is 2.32. The topological polar surface area (TPSA) is 80.7 Å². The van der Waals surface area contributed by atoms with Crippen LogP contribution < -0.4 is 0 Å². The van der Waals surface area contributed by atoms with Crippen molar-refractivity contribution in [3.63, 3.8) is 0 Å². The van der Waals surface area contributed by atoms with Crippen LogP contribution in [0.3, 0.4) is 0 Å². The maximum Gasteiger partial charge on any atom is 0.311 e. The zero-order valence-electron chi connectivity index (χ0n) is 10.5. The number of carboxylic acid groups (broad SMARTS) is 1. The van der Waals surface area contributed by atoms with E-state index >= 15 is 0 Å². The van der Waals surface area contributed by atoms with Gasteiger partial charge in [0.2, 0.25) is 0 Å². The zero-order chi connectivity index (χ0) is 14.5. The number of carboxylic acids is 1. The van der Waals surface area contributed by atoms with Crippen molar-refractivity contribution < 1.29 is 24.2 Å². The minimum atomic E-state index is -1.06. The highest BCUT2D eigenvalue weighted by Crippen LogP contribution is 2.26. The average Bonchev–Trinajstić information content (AvgIpc) is 3.01. The summed E-state index contributed by atoms with van der Waals surface area (Å²) in [6, 6.07) is 1.85. The number of carbonyl (C=O) groups excluding carboxylic acids is 2. The van der Waals surface area contributed by atoms with E-state index in [2.05, 4.69) is 0 Å². The number of thiophene rings is 1. The number of esters is 1. The summed E-state index contributed by atoms with van der Waals surface area (Å²) < 4.78 is 5.07. The van der Waals surface area contributed by atoms with Gasteiger partial charge in [-0.15, -0.1) is 0 Å². The van der Waals surface area contributed by atoms with E-state index in [1.54, 1.807) is 12.2 Å². The Morgan fingerprint density at radius 1 is 1.40 bits per heavy atom. The van der Waals surface area contributed by atoms with E-state index in [1.165, 1.54) is 11.3 Å². The van der Waals surface area contributed by atoms with E-state index in [1.807, 2.05) is 16.8 Å². The quantitative estimate of drug-likeness (QED) is 0.665. The van der Waals surface area contributed by atoms with Crippen molar-refractivity contribution in [2.24, 2.45) is 0 Å². The standard InChI is InChI=1S/C14H12O5S/c15-11-1-2-12(19-14(18)4-3-13(16)17)10(11)7-9-5-6-20-8-9/h2,5-8H,1,3-4H2,(H,16,17). The van der Waals surface area contributed by atoms with Crippen molar-refractivity contribution in [2.75, 3.05) is 0 Å². The largest absolute Gasteiger partial charge is 0.481 e. The Morgan fingerprint density at radius 2 is 2.20 bits per heavy atom. The van der Waals surface area contributed by atoms with Gasteiger partial charge in [0.05, 0.1) is 18.4 Å². The summed E-state index contributed by atoms with van der Waals surface area (Å²) in [5.41, 5.74) is 1.22. The van der Waals surface area contributed by atoms with Crippen LogP contribution >= 0.6 is 11.3 Å². The molecule has 1 aliphatic rings. The molecule has 0 fully saturated rings. The summed E-state index contributed by atoms with van der Waals surface area (Å²) in [6.07, 6.45) is 2.90. The molecule has 1 aromatic heterocycles. The molecule has 0 spiro atoms. The van der Waals surface area contributed by atoms with Crippen LogP contribution in [0.25, 0.3) is 6.08 Å². The van der Waals surface area contributed by atoms with Crippen molar-refractivity contribution in [2.45, 2.75) is 19.3 Å². The van der Waals surface area contributed by atoms with Gasteiger partial charge in [-0.05, 0) is 34.5 Å². The summed E-state index contributed by atoms with van der Waals surface area (Å²) in [5.74, 6) is -1.61. The fourth-order valence-electron chi connectivity index (χ4n) is 1.70. The molecule has 5 nitrogen and oxygen atoms in total. The third-order valence-electron chi connectivity index (χ3n) is 2.66. The van der Waals surface area contributed by atoms with Crippen molar-refractivity contribution in [3.8, 4) is 0 Å². The summed E-state index contributed by atoms with van der Waals surface area (Å²) in [6.45, 7) is 0. The molecule has 0 radical (unpaired) electrons. The van der Waals surface area contributed by atoms with Gasteiger partial charge >= 0.3 is 11.9 Å². The number of hydrogen-bond acceptors (Lipinski definition) is 5. The smallest absolute Gasteiger partial charge is 0.311 e. The first-order valence-electron chi connectivity index (χ1n) is 5.96. The second kappa shape index (κ2) is 6.29. The van der Waals surface area contributed by atoms with Crippen molar-refractivity contribution in [1.29, 1.82) is 0 Å². The Hall–Kier alpha value is -2.21. The van der Waals surface area contributed by atoms with E-state index in [0.717, 1.165) is 5.56 Å². The lowest BCUT2D eigenvalue weighted by atomic mass is 10.1. The van der Waals surface area contributed by atoms with E-state index in [0.29, 0.717) is 5.57 Å². The molecule has 0 amide bonds. The van der Waals surface area contributed by atoms with E-state index < -0.39 is 11.9 Å². The van der Waals surface area contributed by atoms with Crippen LogP contribution in [0.1, 0.15) is 24.8 Å². The first-order chi connectivity index (χ1) is 9.56. The van der Waals surface area contributed by atoms with Crippen LogP contribution in [-0.4, -0.2) is 22.8 Å². The van der Waals surface area contributed by atoms with Crippen molar-refractivity contribution in [1.82, 2.24) is 0 Å². The van der Waals surface area contributed by atoms with Gasteiger partial charge in [0.25, 0.3) is 0 Å². The molecule has 1 aliphatic carbocycles. The molecule has 0 aliphatic heterocycles. The second-order valence-corrected chi connectivity index (χ2v) is 4.96. The van der Waals surface area contributed by atoms with Gasteiger partial charge in [-0.3, -0.25) is 14.4 Å². The van der Waals surface area contributed by atoms with Crippen LogP contribution in [0.15, 0.2) is 34.2 Å². The Morgan fingerprint density at radius 3 is 2.85 bits per heavy atom. The van der Waals surface area contributed by atoms with Gasteiger partial charge in [0.1, 0.15) is 5.76 Å². The summed E-state index contributed by atoms with van der Waals surface area (Å²) in [7, 11) is 0. The molecule has 104 valence electrons. The van der Waals surface area contributed by atoms with Gasteiger partial charge in [0, 0.05) is 6.42 Å². The number of hydrogen-bond donors (Lipinski definition) is 1. The van der Waals surface area contributed by atoms with Crippen LogP contribution in [0.5, 0.6) is 0 Å². The first kappa shape index (κ1) is 14.2. The molecule has 1 heterocycles. The number of carbonyl (C=O) groups is 3. The molecular formula is C14H12O5S. The summed E-state index contributed by atoms with van der Waals surface area (Å²) >= 11 is 1.50. The molecule has 2 rings (SSSR count). The zero-order valence-corrected chi connectivity index (χ0v) is 11.3. The lowest BCUT2D eigenvalue weighted by Crippen LogP contribution is -2.08. The van der Waals surface area contributed by atoms with Gasteiger partial charge in [0.15, 0.2) is 5.78 Å². The van der Waals surface area contributed by atoms with Crippen molar-refractivity contribution >= 4 is 35.1 Å². The molecular weight excluding hydrogens is 280 g/mol. The Labute approximate surface area is 119 Å². The molecule has 1 aromatic rings. The molecule has 1 N–H and O–H groups in total. The van der Waals surface area contributed by atoms with Gasteiger partial charge in [-0.25, -0.2) is 0 Å². The predicted octanol–water partition coefficient (Wildman–Crippen LogP) is 2.40. The van der Waals surface area contributed by atoms with Crippen LogP contribution in [0.4, 0.5) is 0 Å². The SMILES string of the molecule is O=C(O)CCC(=O)OC1=CCC(=O)C1=Cc1ccsc1. The van der Waals surface area contributed by atoms with Gasteiger partial charge < -0.3 is 9.84 Å². The molecule has 0 unspecified atom stereocenters. The first-order valence-corrected chi connectivity index (χ1v) is 6.90. The molecule has 6 heteroatoms. The number of aliphatic carboxylic acids is 1. The molecule has 0 aromatic carbocycles. The molecule has 0 atom stereocenters. The number of rotatable bonds is 5. The third kappa shape index (κ3) is 3.64. The molecule has 20 heavy (non-hydrogen) atoms. The lowest BCUT2D eigenvalue weighted by molar-refractivity contribution is -0.144. The Balaban J connectivity index is 2.05. The normalized spacial score (nSPS) is 16.3. The number of ether oxygens (including phenoxy) is 1. The maximum atomic E-state index is 11.8. The minimum absolute atomic E-state index is 0.114. The third-order valence-corrected chi connectivity index (χ3v) is 3.36. The highest BCUT2D eigenvalue weighted by Gasteiger charge is 2.24. The van der Waals surface area contributed by atoms with E-state index in [9.17, 15) is 14.4 Å². The Kier molecular flexibility index (Phi) is 4.47. The molecule has 0 bridgehead atoms. The summed E-state index contributed by atoms with van der Waals surface area (Å²) in [5, 5.41) is 12.3. The highest BCUT2D eigenvalue weighted by molar-refractivity contribution is 7.08. The second-order valence-electron chi connectivity index (χ2n) is 4.18. The monoisotopic (exact) mass is 292 g/mol. The fraction of sp³-hybridized carbons (Fsp3) is 0.214. The maximum absolute atomic E-state index is 11.8. The number of allylic oxidation sites excluding steroid dienone is 2. The van der Waals surface area contributed by atoms with Crippen LogP contribution in [-0.2, 0) is 19.1 Å². The van der Waals surface area contributed by atoms with E-state index in [4.69, 9.17) is 9.84 Å². The summed E-state index contributed by atoms with van der Waals surface area (Å²) in [4.78, 5) is 33.6. The number of ketones is 1. The molecule has 0 saturated heterocycles. The van der Waals surface area contributed by atoms with Crippen LogP contribution in [0.2, 0.25) is 0 Å². The highest BCUT2D eigenvalue weighted by atomic mass is 32.1. The predicted molar refractivity (Wildman–Crippen MR) is 73.0 cm³/mol. The minimum Gasteiger partial charge on any atom is -0.481 e. The van der Waals surface area contributed by atoms with Gasteiger partial charge in [-0.2, -0.15) is 11.3 Å². The van der Waals surface area contributed by atoms with Crippen molar-refractivity contribution in [3.05, 3.63) is 39.8 Å². The van der Waals surface area contributed by atoms with Crippen LogP contribution in [0, 0.1) is 0 Å². The Bertz CT molecular complexity index is 595. The van der Waals surface area contributed by atoms with E-state index in [-0.39, 0.29) is 30.8 Å². The molecule has 0 saturated carbocycles. The lowest BCUT2D eigenvalue weighted by Gasteiger charge is -2.05. The number of Topliss-reactive ketones (excluding diaryl/α,β-unsaturated/α-hetero) is 1. The average molecular weight is 292 g/mol.